The summed E-state index contributed by atoms with van der Waals surface area (Å²) in [6.07, 6.45) is 0.718. The minimum absolute atomic E-state index is 0.256. The van der Waals surface area contributed by atoms with Crippen LogP contribution in [0, 0.1) is 0 Å². The normalized spacial score (nSPS) is 24.3. The van der Waals surface area contributed by atoms with Crippen molar-refractivity contribution in [2.75, 3.05) is 32.7 Å². The van der Waals surface area contributed by atoms with Crippen molar-refractivity contribution in [3.8, 4) is 0 Å². The van der Waals surface area contributed by atoms with Crippen LogP contribution in [0.25, 0.3) is 0 Å². The van der Waals surface area contributed by atoms with Crippen molar-refractivity contribution in [1.82, 2.24) is 9.62 Å². The lowest BCUT2D eigenvalue weighted by molar-refractivity contribution is 0.348. The summed E-state index contributed by atoms with van der Waals surface area (Å²) in [6, 6.07) is 0. The van der Waals surface area contributed by atoms with Crippen molar-refractivity contribution >= 4 is 10.0 Å². The third-order valence-electron chi connectivity index (χ3n) is 2.46. The lowest BCUT2D eigenvalue weighted by Gasteiger charge is -2.14. The van der Waals surface area contributed by atoms with E-state index in [4.69, 9.17) is 5.73 Å². The van der Waals surface area contributed by atoms with Crippen LogP contribution in [0.1, 0.15) is 13.3 Å². The second-order valence-corrected chi connectivity index (χ2v) is 5.59. The summed E-state index contributed by atoms with van der Waals surface area (Å²) in [7, 11) is -3.09. The highest BCUT2D eigenvalue weighted by Gasteiger charge is 2.31. The number of nitrogens with zero attached hydrogens (tertiary/aromatic N) is 1. The van der Waals surface area contributed by atoms with Gasteiger partial charge in [-0.3, -0.25) is 0 Å². The monoisotopic (exact) mass is 221 g/mol. The van der Waals surface area contributed by atoms with Crippen LogP contribution in [-0.2, 0) is 10.0 Å². The lowest BCUT2D eigenvalue weighted by atomic mass is 10.4. The molecule has 14 heavy (non-hydrogen) atoms. The molecule has 1 unspecified atom stereocenters. The van der Waals surface area contributed by atoms with E-state index in [-0.39, 0.29) is 5.25 Å². The molecule has 84 valence electrons. The zero-order valence-corrected chi connectivity index (χ0v) is 9.39. The predicted molar refractivity (Wildman–Crippen MR) is 56.5 cm³/mol. The first-order valence-electron chi connectivity index (χ1n) is 5.01. The number of sulfonamides is 1. The molecule has 0 aromatic rings. The van der Waals surface area contributed by atoms with Crippen LogP contribution in [0.4, 0.5) is 0 Å². The molecule has 1 fully saturated rings. The van der Waals surface area contributed by atoms with E-state index < -0.39 is 10.0 Å². The van der Waals surface area contributed by atoms with Crippen LogP contribution in [0.5, 0.6) is 0 Å². The standard InChI is InChI=1S/C8H19N3O2S/c1-2-10-14(12,13)8-3-5-11(7-8)6-4-9/h8,10H,2-7,9H2,1H3. The van der Waals surface area contributed by atoms with Gasteiger partial charge in [0, 0.05) is 26.2 Å². The van der Waals surface area contributed by atoms with E-state index in [0.29, 0.717) is 19.6 Å². The van der Waals surface area contributed by atoms with Crippen LogP contribution >= 0.6 is 0 Å². The number of likely N-dealkylation sites (tertiary alicyclic amines) is 1. The summed E-state index contributed by atoms with van der Waals surface area (Å²) in [5.74, 6) is 0. The van der Waals surface area contributed by atoms with Gasteiger partial charge in [-0.25, -0.2) is 13.1 Å². The summed E-state index contributed by atoms with van der Waals surface area (Å²) in [5.41, 5.74) is 5.41. The van der Waals surface area contributed by atoms with Crippen LogP contribution in [-0.4, -0.2) is 51.3 Å². The maximum absolute atomic E-state index is 11.6. The largest absolute Gasteiger partial charge is 0.329 e. The Balaban J connectivity index is 2.49. The molecule has 6 heteroatoms. The molecule has 1 aliphatic rings. The fraction of sp³-hybridized carbons (Fsp3) is 1.00. The molecule has 0 aromatic carbocycles. The van der Waals surface area contributed by atoms with Gasteiger partial charge < -0.3 is 10.6 Å². The van der Waals surface area contributed by atoms with Gasteiger partial charge in [-0.05, 0) is 13.0 Å². The van der Waals surface area contributed by atoms with E-state index in [1.165, 1.54) is 0 Å². The van der Waals surface area contributed by atoms with Crippen molar-refractivity contribution < 1.29 is 8.42 Å². The fourth-order valence-electron chi connectivity index (χ4n) is 1.76. The van der Waals surface area contributed by atoms with Crippen LogP contribution in [0.3, 0.4) is 0 Å². The van der Waals surface area contributed by atoms with Gasteiger partial charge in [0.1, 0.15) is 0 Å². The second-order valence-electron chi connectivity index (χ2n) is 3.54. The zero-order chi connectivity index (χ0) is 10.6. The first kappa shape index (κ1) is 11.9. The highest BCUT2D eigenvalue weighted by Crippen LogP contribution is 2.15. The Morgan fingerprint density at radius 1 is 1.57 bits per heavy atom. The topological polar surface area (TPSA) is 75.4 Å². The Hall–Kier alpha value is -0.170. The highest BCUT2D eigenvalue weighted by molar-refractivity contribution is 7.90. The minimum atomic E-state index is -3.09. The van der Waals surface area contributed by atoms with Crippen molar-refractivity contribution in [3.63, 3.8) is 0 Å². The number of hydrogen-bond donors (Lipinski definition) is 2. The molecule has 1 aliphatic heterocycles. The quantitative estimate of drug-likeness (QED) is 0.622. The smallest absolute Gasteiger partial charge is 0.215 e. The number of hydrogen-bond acceptors (Lipinski definition) is 4. The summed E-state index contributed by atoms with van der Waals surface area (Å²) >= 11 is 0. The maximum Gasteiger partial charge on any atom is 0.215 e. The Bertz CT molecular complexity index is 266. The van der Waals surface area contributed by atoms with Gasteiger partial charge in [0.2, 0.25) is 10.0 Å². The van der Waals surface area contributed by atoms with E-state index in [9.17, 15) is 8.42 Å². The molecule has 1 rings (SSSR count). The van der Waals surface area contributed by atoms with E-state index >= 15 is 0 Å². The van der Waals surface area contributed by atoms with E-state index in [1.54, 1.807) is 6.92 Å². The SMILES string of the molecule is CCNS(=O)(=O)C1CCN(CCN)C1. The van der Waals surface area contributed by atoms with Gasteiger partial charge in [0.25, 0.3) is 0 Å². The highest BCUT2D eigenvalue weighted by atomic mass is 32.2. The first-order chi connectivity index (χ1) is 6.60. The molecular weight excluding hydrogens is 202 g/mol. The molecule has 1 heterocycles. The Morgan fingerprint density at radius 3 is 2.86 bits per heavy atom. The Kier molecular flexibility index (Phi) is 4.31. The average Bonchev–Trinajstić information content (AvgIpc) is 2.54. The number of rotatable bonds is 5. The molecule has 0 aromatic heterocycles. The molecule has 0 radical (unpaired) electrons. The van der Waals surface area contributed by atoms with Crippen molar-refractivity contribution in [2.45, 2.75) is 18.6 Å². The Labute approximate surface area is 85.7 Å². The van der Waals surface area contributed by atoms with Gasteiger partial charge in [0.15, 0.2) is 0 Å². The molecule has 0 spiro atoms. The van der Waals surface area contributed by atoms with Gasteiger partial charge in [-0.1, -0.05) is 6.92 Å². The van der Waals surface area contributed by atoms with Crippen molar-refractivity contribution in [1.29, 1.82) is 0 Å². The second kappa shape index (κ2) is 5.06. The Morgan fingerprint density at radius 2 is 2.29 bits per heavy atom. The van der Waals surface area contributed by atoms with Crippen molar-refractivity contribution in [2.24, 2.45) is 5.73 Å². The van der Waals surface area contributed by atoms with Gasteiger partial charge in [-0.15, -0.1) is 0 Å². The minimum Gasteiger partial charge on any atom is -0.329 e. The number of nitrogens with two attached hydrogens (primary N) is 1. The summed E-state index contributed by atoms with van der Waals surface area (Å²) in [4.78, 5) is 2.10. The molecule has 0 saturated carbocycles. The summed E-state index contributed by atoms with van der Waals surface area (Å²) in [6.45, 7) is 5.10. The molecule has 1 atom stereocenters. The molecule has 0 aliphatic carbocycles. The fourth-order valence-corrected chi connectivity index (χ4v) is 3.22. The van der Waals surface area contributed by atoms with Crippen LogP contribution in [0.2, 0.25) is 0 Å². The first-order valence-corrected chi connectivity index (χ1v) is 6.55. The third-order valence-corrected chi connectivity index (χ3v) is 4.41. The van der Waals surface area contributed by atoms with Gasteiger partial charge in [-0.2, -0.15) is 0 Å². The molecule has 0 bridgehead atoms. The van der Waals surface area contributed by atoms with Crippen LogP contribution in [0.15, 0.2) is 0 Å². The zero-order valence-electron chi connectivity index (χ0n) is 8.57. The van der Waals surface area contributed by atoms with E-state index in [2.05, 4.69) is 9.62 Å². The summed E-state index contributed by atoms with van der Waals surface area (Å²) < 4.78 is 25.8. The summed E-state index contributed by atoms with van der Waals surface area (Å²) in [5, 5.41) is -0.256. The van der Waals surface area contributed by atoms with E-state index in [0.717, 1.165) is 19.5 Å². The van der Waals surface area contributed by atoms with Gasteiger partial charge in [0.05, 0.1) is 5.25 Å². The molecule has 5 nitrogen and oxygen atoms in total. The van der Waals surface area contributed by atoms with Crippen molar-refractivity contribution in [3.05, 3.63) is 0 Å². The molecule has 3 N–H and O–H groups in total. The van der Waals surface area contributed by atoms with Crippen LogP contribution < -0.4 is 10.5 Å². The third kappa shape index (κ3) is 2.91. The maximum atomic E-state index is 11.6. The van der Waals surface area contributed by atoms with Gasteiger partial charge >= 0.3 is 0 Å². The average molecular weight is 221 g/mol. The molecule has 0 amide bonds. The lowest BCUT2D eigenvalue weighted by Crippen LogP contribution is -2.37. The predicted octanol–water partition coefficient (Wildman–Crippen LogP) is -1.04. The van der Waals surface area contributed by atoms with E-state index in [1.807, 2.05) is 0 Å². The molecule has 1 saturated heterocycles. The number of nitrogens with one attached hydrogen (secondary N) is 1. The molecular formula is C8H19N3O2S.